The first-order valence-electron chi connectivity index (χ1n) is 5.37. The van der Waals surface area contributed by atoms with Crippen molar-refractivity contribution in [3.05, 3.63) is 33.0 Å². The number of aryl methyl sites for hydroxylation is 1. The van der Waals surface area contributed by atoms with Crippen LogP contribution in [0.4, 0.5) is 5.95 Å². The lowest BCUT2D eigenvalue weighted by molar-refractivity contribution is 0.818. The number of anilines is 1. The Morgan fingerprint density at radius 1 is 1.50 bits per heavy atom. The minimum atomic E-state index is -0.508. The summed E-state index contributed by atoms with van der Waals surface area (Å²) in [4.78, 5) is 29.7. The Labute approximate surface area is 102 Å². The topological polar surface area (TPSA) is 111 Å². The fraction of sp³-hybridized carbons (Fsp3) is 0.300. The molecule has 4 N–H and O–H groups in total. The van der Waals surface area contributed by atoms with E-state index in [1.807, 2.05) is 19.1 Å². The Morgan fingerprint density at radius 2 is 2.22 bits per heavy atom. The highest BCUT2D eigenvalue weighted by Gasteiger charge is 2.15. The number of aromatic nitrogens is 4. The summed E-state index contributed by atoms with van der Waals surface area (Å²) in [5, 5.41) is 0. The van der Waals surface area contributed by atoms with Gasteiger partial charge in [-0.3, -0.25) is 24.3 Å². The van der Waals surface area contributed by atoms with Gasteiger partial charge in [0.05, 0.1) is 0 Å². The number of hydrazine groups is 1. The molecule has 18 heavy (non-hydrogen) atoms. The number of rotatable bonds is 3. The van der Waals surface area contributed by atoms with Crippen LogP contribution < -0.4 is 22.5 Å². The van der Waals surface area contributed by atoms with Crippen molar-refractivity contribution in [1.82, 2.24) is 19.1 Å². The molecule has 0 bridgehead atoms. The standard InChI is InChI=1S/C10H14N6O2/c1-3-4-5-16-6-7(12-9(16)14-11)15(2)10(18)13-8(6)17/h3-4H,5,11H2,1-2H3,(H,12,14)(H,13,17,18)/b4-3+. The molecule has 0 atom stereocenters. The molecule has 0 aliphatic rings. The van der Waals surface area contributed by atoms with Crippen molar-refractivity contribution in [2.24, 2.45) is 12.9 Å². The van der Waals surface area contributed by atoms with Crippen LogP contribution in [0, 0.1) is 0 Å². The van der Waals surface area contributed by atoms with E-state index in [9.17, 15) is 9.59 Å². The Bertz CT molecular complexity index is 720. The van der Waals surface area contributed by atoms with Gasteiger partial charge >= 0.3 is 5.69 Å². The summed E-state index contributed by atoms with van der Waals surface area (Å²) in [6.45, 7) is 2.31. The van der Waals surface area contributed by atoms with Crippen LogP contribution in [0.1, 0.15) is 6.92 Å². The van der Waals surface area contributed by atoms with Crippen LogP contribution in [0.15, 0.2) is 21.7 Å². The molecule has 0 fully saturated rings. The van der Waals surface area contributed by atoms with E-state index in [-0.39, 0.29) is 0 Å². The lowest BCUT2D eigenvalue weighted by Gasteiger charge is -2.04. The van der Waals surface area contributed by atoms with E-state index in [0.717, 1.165) is 0 Å². The maximum absolute atomic E-state index is 11.8. The molecule has 0 saturated carbocycles. The number of nitrogens with two attached hydrogens (primary N) is 1. The van der Waals surface area contributed by atoms with Gasteiger partial charge in [-0.1, -0.05) is 12.2 Å². The van der Waals surface area contributed by atoms with Crippen LogP contribution in [0.2, 0.25) is 0 Å². The van der Waals surface area contributed by atoms with Crippen molar-refractivity contribution in [2.45, 2.75) is 13.5 Å². The SMILES string of the molecule is C/C=C/Cn1c(NN)nc2c1c(=O)[nH]c(=O)n2C. The third kappa shape index (κ3) is 1.72. The van der Waals surface area contributed by atoms with Gasteiger partial charge in [-0.05, 0) is 6.92 Å². The first-order valence-corrected chi connectivity index (χ1v) is 5.37. The van der Waals surface area contributed by atoms with Crippen molar-refractivity contribution in [1.29, 1.82) is 0 Å². The minimum absolute atomic E-state index is 0.293. The molecule has 0 aromatic carbocycles. The molecule has 0 amide bonds. The van der Waals surface area contributed by atoms with Gasteiger partial charge in [-0.15, -0.1) is 0 Å². The highest BCUT2D eigenvalue weighted by Crippen LogP contribution is 2.13. The van der Waals surface area contributed by atoms with Crippen LogP contribution in [0.3, 0.4) is 0 Å². The molecule has 96 valence electrons. The summed E-state index contributed by atoms with van der Waals surface area (Å²) in [5.41, 5.74) is 2.03. The summed E-state index contributed by atoms with van der Waals surface area (Å²) >= 11 is 0. The molecule has 2 heterocycles. The number of fused-ring (bicyclic) bond motifs is 1. The predicted octanol–water partition coefficient (Wildman–Crippen LogP) is -0.715. The van der Waals surface area contributed by atoms with Crippen LogP contribution in [0.25, 0.3) is 11.2 Å². The summed E-state index contributed by atoms with van der Waals surface area (Å²) in [7, 11) is 1.54. The van der Waals surface area contributed by atoms with Crippen LogP contribution in [-0.4, -0.2) is 19.1 Å². The van der Waals surface area contributed by atoms with E-state index < -0.39 is 11.2 Å². The summed E-state index contributed by atoms with van der Waals surface area (Å²) in [5.74, 6) is 5.70. The highest BCUT2D eigenvalue weighted by molar-refractivity contribution is 5.74. The fourth-order valence-corrected chi connectivity index (χ4v) is 1.73. The molecule has 8 nitrogen and oxygen atoms in total. The van der Waals surface area contributed by atoms with E-state index in [1.54, 1.807) is 4.57 Å². The molecular weight excluding hydrogens is 236 g/mol. The van der Waals surface area contributed by atoms with Crippen molar-refractivity contribution in [3.63, 3.8) is 0 Å². The van der Waals surface area contributed by atoms with E-state index in [4.69, 9.17) is 5.84 Å². The molecule has 0 spiro atoms. The zero-order chi connectivity index (χ0) is 13.3. The quantitative estimate of drug-likeness (QED) is 0.378. The normalized spacial score (nSPS) is 11.5. The highest BCUT2D eigenvalue weighted by atomic mass is 16.2. The molecule has 0 aliphatic carbocycles. The Balaban J connectivity index is 2.87. The van der Waals surface area contributed by atoms with Gasteiger partial charge in [0.25, 0.3) is 5.56 Å². The molecule has 0 unspecified atom stereocenters. The monoisotopic (exact) mass is 250 g/mol. The molecule has 0 radical (unpaired) electrons. The van der Waals surface area contributed by atoms with Crippen LogP contribution >= 0.6 is 0 Å². The summed E-state index contributed by atoms with van der Waals surface area (Å²) < 4.78 is 2.87. The van der Waals surface area contributed by atoms with Crippen molar-refractivity contribution < 1.29 is 0 Å². The number of nitrogens with zero attached hydrogens (tertiary/aromatic N) is 3. The second-order valence-electron chi connectivity index (χ2n) is 3.75. The molecule has 2 aromatic rings. The number of nitrogen functional groups attached to an aromatic ring is 1. The van der Waals surface area contributed by atoms with E-state index in [1.165, 1.54) is 11.6 Å². The minimum Gasteiger partial charge on any atom is -0.299 e. The lowest BCUT2D eigenvalue weighted by atomic mass is 10.4. The molecular formula is C10H14N6O2. The first-order chi connectivity index (χ1) is 8.60. The van der Waals surface area contributed by atoms with Crippen molar-refractivity contribution >= 4 is 17.1 Å². The van der Waals surface area contributed by atoms with Gasteiger partial charge in [0, 0.05) is 13.6 Å². The van der Waals surface area contributed by atoms with Gasteiger partial charge < -0.3 is 0 Å². The van der Waals surface area contributed by atoms with Crippen molar-refractivity contribution in [3.8, 4) is 0 Å². The Morgan fingerprint density at radius 3 is 2.83 bits per heavy atom. The maximum Gasteiger partial charge on any atom is 0.329 e. The van der Waals surface area contributed by atoms with Crippen LogP contribution in [-0.2, 0) is 13.6 Å². The molecule has 0 saturated heterocycles. The number of H-pyrrole nitrogens is 1. The number of imidazole rings is 1. The van der Waals surface area contributed by atoms with Gasteiger partial charge in [0.2, 0.25) is 5.95 Å². The Kier molecular flexibility index (Phi) is 3.02. The molecule has 2 rings (SSSR count). The Hall–Kier alpha value is -2.35. The largest absolute Gasteiger partial charge is 0.329 e. The zero-order valence-corrected chi connectivity index (χ0v) is 10.1. The summed E-state index contributed by atoms with van der Waals surface area (Å²) in [6, 6.07) is 0. The molecule has 8 heteroatoms. The maximum atomic E-state index is 11.8. The summed E-state index contributed by atoms with van der Waals surface area (Å²) in [6.07, 6.45) is 3.70. The smallest absolute Gasteiger partial charge is 0.299 e. The van der Waals surface area contributed by atoms with E-state index in [0.29, 0.717) is 23.7 Å². The predicted molar refractivity (Wildman–Crippen MR) is 68.2 cm³/mol. The number of hydrogen-bond acceptors (Lipinski definition) is 5. The van der Waals surface area contributed by atoms with Gasteiger partial charge in [-0.25, -0.2) is 10.6 Å². The van der Waals surface area contributed by atoms with E-state index in [2.05, 4.69) is 15.4 Å². The first kappa shape index (κ1) is 12.1. The second kappa shape index (κ2) is 4.49. The van der Waals surface area contributed by atoms with Crippen molar-refractivity contribution in [2.75, 3.05) is 5.43 Å². The number of nitrogens with one attached hydrogen (secondary N) is 2. The average Bonchev–Trinajstić information content (AvgIpc) is 2.72. The second-order valence-corrected chi connectivity index (χ2v) is 3.75. The third-order valence-electron chi connectivity index (χ3n) is 2.66. The fourth-order valence-electron chi connectivity index (χ4n) is 1.73. The molecule has 2 aromatic heterocycles. The van der Waals surface area contributed by atoms with E-state index >= 15 is 0 Å². The van der Waals surface area contributed by atoms with Gasteiger partial charge in [0.15, 0.2) is 11.2 Å². The number of hydrogen-bond donors (Lipinski definition) is 3. The average molecular weight is 250 g/mol. The zero-order valence-electron chi connectivity index (χ0n) is 10.1. The third-order valence-corrected chi connectivity index (χ3v) is 2.66. The molecule has 0 aliphatic heterocycles. The lowest BCUT2D eigenvalue weighted by Crippen LogP contribution is -2.29. The number of allylic oxidation sites excluding steroid dienone is 2. The van der Waals surface area contributed by atoms with Crippen LogP contribution in [0.5, 0.6) is 0 Å². The number of aromatic amines is 1. The van der Waals surface area contributed by atoms with Gasteiger partial charge in [0.1, 0.15) is 0 Å². The van der Waals surface area contributed by atoms with Gasteiger partial charge in [-0.2, -0.15) is 4.98 Å².